The van der Waals surface area contributed by atoms with Crippen molar-refractivity contribution in [3.63, 3.8) is 0 Å². The Kier molecular flexibility index (Phi) is 4.88. The van der Waals surface area contributed by atoms with E-state index in [-0.39, 0.29) is 24.2 Å². The van der Waals surface area contributed by atoms with Crippen LogP contribution in [0.2, 0.25) is 0 Å². The van der Waals surface area contributed by atoms with Crippen molar-refractivity contribution >= 4 is 5.91 Å². The van der Waals surface area contributed by atoms with E-state index in [1.165, 1.54) is 0 Å². The maximum atomic E-state index is 12.3. The number of alkyl halides is 3. The Morgan fingerprint density at radius 2 is 2.05 bits per heavy atom. The Hall–Kier alpha value is -1.63. The summed E-state index contributed by atoms with van der Waals surface area (Å²) in [6, 6.07) is 1.64. The third-order valence-corrected chi connectivity index (χ3v) is 2.70. The van der Waals surface area contributed by atoms with Gasteiger partial charge in [-0.1, -0.05) is 13.8 Å². The second kappa shape index (κ2) is 6.01. The largest absolute Gasteiger partial charge is 0.417 e. The van der Waals surface area contributed by atoms with Crippen molar-refractivity contribution in [3.8, 4) is 0 Å². The van der Waals surface area contributed by atoms with Crippen LogP contribution >= 0.6 is 0 Å². The number of carbonyl (C=O) groups excluding carboxylic acids is 1. The van der Waals surface area contributed by atoms with Crippen LogP contribution in [-0.4, -0.2) is 23.5 Å². The number of nitrogens with two attached hydrogens (primary N) is 1. The lowest BCUT2D eigenvalue weighted by molar-refractivity contribution is -0.137. The second-order valence-corrected chi connectivity index (χ2v) is 4.49. The first-order chi connectivity index (χ1) is 8.75. The molecular formula is C12H16F3N3O. The van der Waals surface area contributed by atoms with Gasteiger partial charge in [0.2, 0.25) is 0 Å². The van der Waals surface area contributed by atoms with Gasteiger partial charge in [0.1, 0.15) is 5.69 Å². The summed E-state index contributed by atoms with van der Waals surface area (Å²) < 4.78 is 37.0. The predicted octanol–water partition coefficient (Wildman–Crippen LogP) is 1.81. The molecule has 1 aromatic rings. The Labute approximate surface area is 109 Å². The second-order valence-electron chi connectivity index (χ2n) is 4.49. The van der Waals surface area contributed by atoms with Gasteiger partial charge in [0, 0.05) is 18.8 Å². The number of halogens is 3. The van der Waals surface area contributed by atoms with E-state index in [9.17, 15) is 18.0 Å². The van der Waals surface area contributed by atoms with E-state index in [1.807, 2.05) is 13.8 Å². The molecule has 0 fully saturated rings. The molecular weight excluding hydrogens is 259 g/mol. The topological polar surface area (TPSA) is 68.0 Å². The maximum Gasteiger partial charge on any atom is 0.417 e. The molecule has 1 aromatic heterocycles. The average molecular weight is 275 g/mol. The molecule has 0 radical (unpaired) electrons. The standard InChI is InChI=1S/C12H16F3N3O/c1-7(2)10(5-16)18-11(19)9-4-3-8(6-17-9)12(13,14)15/h3-4,6-7,10H,5,16H2,1-2H3,(H,18,19). The van der Waals surface area contributed by atoms with E-state index in [2.05, 4.69) is 10.3 Å². The summed E-state index contributed by atoms with van der Waals surface area (Å²) in [5.74, 6) is -0.402. The highest BCUT2D eigenvalue weighted by atomic mass is 19.4. The van der Waals surface area contributed by atoms with Crippen LogP contribution in [0.1, 0.15) is 29.9 Å². The molecule has 1 atom stereocenters. The van der Waals surface area contributed by atoms with Crippen molar-refractivity contribution < 1.29 is 18.0 Å². The SMILES string of the molecule is CC(C)C(CN)NC(=O)c1ccc(C(F)(F)F)cn1. The zero-order valence-electron chi connectivity index (χ0n) is 10.7. The van der Waals surface area contributed by atoms with Gasteiger partial charge >= 0.3 is 6.18 Å². The number of rotatable bonds is 4. The van der Waals surface area contributed by atoms with Gasteiger partial charge in [0.25, 0.3) is 5.91 Å². The van der Waals surface area contributed by atoms with Gasteiger partial charge in [0.15, 0.2) is 0 Å². The van der Waals surface area contributed by atoms with E-state index in [0.29, 0.717) is 6.20 Å². The molecule has 1 rings (SSSR count). The quantitative estimate of drug-likeness (QED) is 0.880. The van der Waals surface area contributed by atoms with Crippen LogP contribution in [0.15, 0.2) is 18.3 Å². The van der Waals surface area contributed by atoms with Gasteiger partial charge in [-0.05, 0) is 18.1 Å². The number of hydrogen-bond donors (Lipinski definition) is 2. The van der Waals surface area contributed by atoms with Crippen LogP contribution in [0.25, 0.3) is 0 Å². The van der Waals surface area contributed by atoms with Crippen LogP contribution in [0.5, 0.6) is 0 Å². The summed E-state index contributed by atoms with van der Waals surface area (Å²) in [6.07, 6.45) is -3.82. The molecule has 1 unspecified atom stereocenters. The van der Waals surface area contributed by atoms with Crippen molar-refractivity contribution in [1.82, 2.24) is 10.3 Å². The van der Waals surface area contributed by atoms with Gasteiger partial charge in [-0.2, -0.15) is 13.2 Å². The van der Waals surface area contributed by atoms with Crippen LogP contribution in [0.4, 0.5) is 13.2 Å². The lowest BCUT2D eigenvalue weighted by Gasteiger charge is -2.20. The summed E-state index contributed by atoms with van der Waals surface area (Å²) in [5.41, 5.74) is 4.55. The molecule has 0 saturated heterocycles. The molecule has 0 aliphatic heterocycles. The molecule has 0 bridgehead atoms. The molecule has 19 heavy (non-hydrogen) atoms. The lowest BCUT2D eigenvalue weighted by Crippen LogP contribution is -2.43. The van der Waals surface area contributed by atoms with E-state index in [0.717, 1.165) is 12.1 Å². The summed E-state index contributed by atoms with van der Waals surface area (Å²) >= 11 is 0. The van der Waals surface area contributed by atoms with Crippen molar-refractivity contribution in [2.45, 2.75) is 26.1 Å². The van der Waals surface area contributed by atoms with Crippen LogP contribution in [0, 0.1) is 5.92 Å². The number of hydrogen-bond acceptors (Lipinski definition) is 3. The molecule has 106 valence electrons. The highest BCUT2D eigenvalue weighted by Crippen LogP contribution is 2.28. The third-order valence-electron chi connectivity index (χ3n) is 2.70. The van der Waals surface area contributed by atoms with Crippen molar-refractivity contribution in [2.75, 3.05) is 6.54 Å². The average Bonchev–Trinajstić information content (AvgIpc) is 2.34. The summed E-state index contributed by atoms with van der Waals surface area (Å²) in [4.78, 5) is 15.3. The summed E-state index contributed by atoms with van der Waals surface area (Å²) in [6.45, 7) is 4.03. The van der Waals surface area contributed by atoms with Crippen molar-refractivity contribution in [3.05, 3.63) is 29.6 Å². The minimum absolute atomic E-state index is 0.0629. The summed E-state index contributed by atoms with van der Waals surface area (Å²) in [5, 5.41) is 2.63. The van der Waals surface area contributed by atoms with Crippen LogP contribution < -0.4 is 11.1 Å². The van der Waals surface area contributed by atoms with E-state index in [1.54, 1.807) is 0 Å². The van der Waals surface area contributed by atoms with E-state index in [4.69, 9.17) is 5.73 Å². The highest BCUT2D eigenvalue weighted by Gasteiger charge is 2.31. The molecule has 0 aliphatic rings. The molecule has 0 aromatic carbocycles. The molecule has 1 amide bonds. The molecule has 1 heterocycles. The zero-order valence-corrected chi connectivity index (χ0v) is 10.7. The molecule has 0 aliphatic carbocycles. The Morgan fingerprint density at radius 1 is 1.42 bits per heavy atom. The van der Waals surface area contributed by atoms with Gasteiger partial charge in [-0.25, -0.2) is 0 Å². The van der Waals surface area contributed by atoms with Gasteiger partial charge in [-0.15, -0.1) is 0 Å². The Balaban J connectivity index is 2.78. The molecule has 4 nitrogen and oxygen atoms in total. The fourth-order valence-electron chi connectivity index (χ4n) is 1.44. The van der Waals surface area contributed by atoms with Crippen LogP contribution in [-0.2, 0) is 6.18 Å². The normalized spacial score (nSPS) is 13.4. The molecule has 3 N–H and O–H groups in total. The molecule has 0 spiro atoms. The number of pyridine rings is 1. The predicted molar refractivity (Wildman–Crippen MR) is 64.4 cm³/mol. The third kappa shape index (κ3) is 4.20. The monoisotopic (exact) mass is 275 g/mol. The maximum absolute atomic E-state index is 12.3. The number of aromatic nitrogens is 1. The minimum atomic E-state index is -4.46. The first-order valence-electron chi connectivity index (χ1n) is 5.80. The zero-order chi connectivity index (χ0) is 14.6. The van der Waals surface area contributed by atoms with Crippen molar-refractivity contribution in [2.24, 2.45) is 11.7 Å². The minimum Gasteiger partial charge on any atom is -0.346 e. The van der Waals surface area contributed by atoms with E-state index >= 15 is 0 Å². The van der Waals surface area contributed by atoms with Gasteiger partial charge in [0.05, 0.1) is 5.56 Å². The first kappa shape index (κ1) is 15.4. The van der Waals surface area contributed by atoms with Gasteiger partial charge < -0.3 is 11.1 Å². The number of nitrogens with zero attached hydrogens (tertiary/aromatic N) is 1. The first-order valence-corrected chi connectivity index (χ1v) is 5.80. The van der Waals surface area contributed by atoms with Gasteiger partial charge in [-0.3, -0.25) is 9.78 Å². The van der Waals surface area contributed by atoms with Crippen LogP contribution in [0.3, 0.4) is 0 Å². The smallest absolute Gasteiger partial charge is 0.346 e. The number of carbonyl (C=O) groups is 1. The highest BCUT2D eigenvalue weighted by molar-refractivity contribution is 5.92. The molecule has 7 heteroatoms. The Bertz CT molecular complexity index is 429. The van der Waals surface area contributed by atoms with E-state index < -0.39 is 17.6 Å². The molecule has 0 saturated carbocycles. The lowest BCUT2D eigenvalue weighted by atomic mass is 10.0. The Morgan fingerprint density at radius 3 is 2.42 bits per heavy atom. The van der Waals surface area contributed by atoms with Crippen molar-refractivity contribution in [1.29, 1.82) is 0 Å². The summed E-state index contributed by atoms with van der Waals surface area (Å²) in [7, 11) is 0. The number of nitrogens with one attached hydrogen (secondary N) is 1. The fraction of sp³-hybridized carbons (Fsp3) is 0.500. The number of amides is 1. The fourth-order valence-corrected chi connectivity index (χ4v) is 1.44.